The number of nitriles is 1. The summed E-state index contributed by atoms with van der Waals surface area (Å²) < 4.78 is 43.0. The third-order valence-corrected chi connectivity index (χ3v) is 6.20. The molecule has 0 bridgehead atoms. The predicted octanol–water partition coefficient (Wildman–Crippen LogP) is 3.45. The monoisotopic (exact) mass is 472 g/mol. The number of carbonyl (C=O) groups is 1. The van der Waals surface area contributed by atoms with Gasteiger partial charge in [0.2, 0.25) is 5.60 Å². The maximum Gasteiger partial charge on any atom is 0.424 e. The lowest BCUT2D eigenvalue weighted by Gasteiger charge is -2.36. The van der Waals surface area contributed by atoms with E-state index in [9.17, 15) is 23.1 Å². The number of hydrogen-bond acceptors (Lipinski definition) is 5. The molecule has 0 radical (unpaired) electrons. The highest BCUT2D eigenvalue weighted by Crippen LogP contribution is 2.40. The van der Waals surface area contributed by atoms with Crippen molar-refractivity contribution in [3.63, 3.8) is 0 Å². The number of aryl methyl sites for hydroxylation is 1. The number of alkyl halides is 3. The van der Waals surface area contributed by atoms with Gasteiger partial charge in [0.25, 0.3) is 5.91 Å². The van der Waals surface area contributed by atoms with Gasteiger partial charge >= 0.3 is 6.18 Å². The maximum atomic E-state index is 13.5. The second-order valence-electron chi connectivity index (χ2n) is 8.68. The van der Waals surface area contributed by atoms with Crippen molar-refractivity contribution in [1.82, 2.24) is 24.2 Å². The Labute approximate surface area is 193 Å². The number of aromatic nitrogens is 4. The molecule has 11 heteroatoms. The van der Waals surface area contributed by atoms with Crippen molar-refractivity contribution in [2.45, 2.75) is 45.1 Å². The summed E-state index contributed by atoms with van der Waals surface area (Å²) in [5.74, 6) is -0.801. The molecule has 0 saturated heterocycles. The number of fused-ring (bicyclic) bond motifs is 1. The summed E-state index contributed by atoms with van der Waals surface area (Å²) in [6, 6.07) is 8.39. The first-order chi connectivity index (χ1) is 15.9. The number of amides is 1. The van der Waals surface area contributed by atoms with Crippen molar-refractivity contribution in [3.05, 3.63) is 58.8 Å². The quantitative estimate of drug-likeness (QED) is 0.630. The molecule has 0 fully saturated rings. The minimum absolute atomic E-state index is 0.0426. The van der Waals surface area contributed by atoms with E-state index in [1.807, 2.05) is 0 Å². The lowest BCUT2D eigenvalue weighted by Crippen LogP contribution is -2.46. The van der Waals surface area contributed by atoms with E-state index in [0.717, 1.165) is 5.56 Å². The van der Waals surface area contributed by atoms with Gasteiger partial charge in [-0.3, -0.25) is 9.48 Å². The van der Waals surface area contributed by atoms with Gasteiger partial charge in [-0.1, -0.05) is 12.1 Å². The van der Waals surface area contributed by atoms with Crippen LogP contribution in [-0.4, -0.2) is 48.0 Å². The van der Waals surface area contributed by atoms with E-state index in [1.54, 1.807) is 50.1 Å². The molecule has 2 aromatic heterocycles. The van der Waals surface area contributed by atoms with Crippen LogP contribution in [0.4, 0.5) is 13.2 Å². The van der Waals surface area contributed by atoms with E-state index >= 15 is 0 Å². The molecule has 8 nitrogen and oxygen atoms in total. The van der Waals surface area contributed by atoms with Crippen molar-refractivity contribution < 1.29 is 23.1 Å². The number of hydrogen-bond donors (Lipinski definition) is 1. The highest BCUT2D eigenvalue weighted by atomic mass is 19.4. The molecule has 1 amide bonds. The zero-order valence-corrected chi connectivity index (χ0v) is 19.1. The lowest BCUT2D eigenvalue weighted by atomic mass is 10.0. The summed E-state index contributed by atoms with van der Waals surface area (Å²) in [5.41, 5.74) is 0.186. The molecule has 1 aliphatic heterocycles. The van der Waals surface area contributed by atoms with E-state index in [0.29, 0.717) is 35.1 Å². The molecule has 0 aliphatic carbocycles. The summed E-state index contributed by atoms with van der Waals surface area (Å²) in [6.07, 6.45) is -3.63. The first kappa shape index (κ1) is 23.5. The average molecular weight is 472 g/mol. The molecule has 1 aliphatic rings. The Morgan fingerprint density at radius 2 is 1.91 bits per heavy atom. The minimum Gasteiger partial charge on any atom is -0.374 e. The van der Waals surface area contributed by atoms with Gasteiger partial charge in [0.1, 0.15) is 5.69 Å². The standard InChI is InChI=1S/C23H23F3N6O2/c1-13-11-31(12-17-10-28-21(32(13)17)22(3,34)23(24,25)26)20(33)19-14(2)18(29-30(19)4)16-7-5-15(9-27)6-8-16/h5-8,10,13,34H,11-12H2,1-4H3/t13-,22?/m0/s1. The Kier molecular flexibility index (Phi) is 5.52. The minimum atomic E-state index is -4.89. The number of halogens is 3. The first-order valence-corrected chi connectivity index (χ1v) is 10.6. The summed E-state index contributed by atoms with van der Waals surface area (Å²) >= 11 is 0. The van der Waals surface area contributed by atoms with Crippen LogP contribution in [0.15, 0.2) is 30.5 Å². The Morgan fingerprint density at radius 3 is 2.50 bits per heavy atom. The normalized spacial score (nSPS) is 17.7. The molecule has 4 rings (SSSR count). The van der Waals surface area contributed by atoms with E-state index in [-0.39, 0.29) is 19.0 Å². The van der Waals surface area contributed by atoms with Gasteiger partial charge in [-0.15, -0.1) is 0 Å². The summed E-state index contributed by atoms with van der Waals surface area (Å²) in [7, 11) is 1.66. The van der Waals surface area contributed by atoms with Gasteiger partial charge in [-0.25, -0.2) is 4.98 Å². The van der Waals surface area contributed by atoms with Crippen LogP contribution in [0.1, 0.15) is 53.0 Å². The van der Waals surface area contributed by atoms with E-state index in [2.05, 4.69) is 16.2 Å². The van der Waals surface area contributed by atoms with Crippen molar-refractivity contribution in [2.24, 2.45) is 7.05 Å². The van der Waals surface area contributed by atoms with Crippen LogP contribution in [0.25, 0.3) is 11.3 Å². The van der Waals surface area contributed by atoms with Gasteiger partial charge in [0.15, 0.2) is 5.82 Å². The fraction of sp³-hybridized carbons (Fsp3) is 0.391. The molecule has 0 spiro atoms. The van der Waals surface area contributed by atoms with Crippen molar-refractivity contribution >= 4 is 5.91 Å². The predicted molar refractivity (Wildman–Crippen MR) is 115 cm³/mol. The van der Waals surface area contributed by atoms with Gasteiger partial charge in [-0.2, -0.15) is 23.5 Å². The summed E-state index contributed by atoms with van der Waals surface area (Å²) in [4.78, 5) is 18.9. The topological polar surface area (TPSA) is 100.0 Å². The zero-order chi connectivity index (χ0) is 25.0. The number of imidazole rings is 1. The Balaban J connectivity index is 1.65. The third kappa shape index (κ3) is 3.64. The molecule has 178 valence electrons. The molecule has 1 aromatic carbocycles. The van der Waals surface area contributed by atoms with Crippen molar-refractivity contribution in [2.75, 3.05) is 6.54 Å². The Hall–Kier alpha value is -3.65. The van der Waals surface area contributed by atoms with Crippen LogP contribution in [0.2, 0.25) is 0 Å². The van der Waals surface area contributed by atoms with Crippen molar-refractivity contribution in [1.29, 1.82) is 5.26 Å². The lowest BCUT2D eigenvalue weighted by molar-refractivity contribution is -0.263. The first-order valence-electron chi connectivity index (χ1n) is 10.6. The fourth-order valence-electron chi connectivity index (χ4n) is 4.36. The van der Waals surface area contributed by atoms with Crippen LogP contribution < -0.4 is 0 Å². The molecular formula is C23H23F3N6O2. The highest BCUT2D eigenvalue weighted by molar-refractivity contribution is 5.95. The van der Waals surface area contributed by atoms with Crippen LogP contribution in [0.5, 0.6) is 0 Å². The van der Waals surface area contributed by atoms with Crippen LogP contribution in [0, 0.1) is 18.3 Å². The summed E-state index contributed by atoms with van der Waals surface area (Å²) in [6.45, 7) is 4.32. The summed E-state index contributed by atoms with van der Waals surface area (Å²) in [5, 5.41) is 23.6. The molecule has 1 unspecified atom stereocenters. The smallest absolute Gasteiger partial charge is 0.374 e. The molecule has 3 heterocycles. The van der Waals surface area contributed by atoms with E-state index in [4.69, 9.17) is 5.26 Å². The second-order valence-corrected chi connectivity index (χ2v) is 8.68. The molecule has 3 aromatic rings. The molecule has 2 atom stereocenters. The number of rotatable bonds is 3. The SMILES string of the molecule is Cc1c(-c2ccc(C#N)cc2)nn(C)c1C(=O)N1Cc2cnc(C(C)(O)C(F)(F)F)n2[C@@H](C)C1. The third-order valence-electron chi connectivity index (χ3n) is 6.20. The number of benzene rings is 1. The van der Waals surface area contributed by atoms with Crippen LogP contribution in [0.3, 0.4) is 0 Å². The van der Waals surface area contributed by atoms with Crippen LogP contribution in [-0.2, 0) is 19.2 Å². The molecule has 34 heavy (non-hydrogen) atoms. The maximum absolute atomic E-state index is 13.5. The van der Waals surface area contributed by atoms with Gasteiger partial charge in [0.05, 0.1) is 41.8 Å². The van der Waals surface area contributed by atoms with Crippen LogP contribution >= 0.6 is 0 Å². The van der Waals surface area contributed by atoms with E-state index in [1.165, 1.54) is 15.4 Å². The van der Waals surface area contributed by atoms with E-state index < -0.39 is 23.6 Å². The average Bonchev–Trinajstić information content (AvgIpc) is 3.34. The van der Waals surface area contributed by atoms with Gasteiger partial charge < -0.3 is 14.6 Å². The largest absolute Gasteiger partial charge is 0.424 e. The zero-order valence-electron chi connectivity index (χ0n) is 19.1. The number of carbonyl (C=O) groups excluding carboxylic acids is 1. The Bertz CT molecular complexity index is 1300. The molecular weight excluding hydrogens is 449 g/mol. The highest BCUT2D eigenvalue weighted by Gasteiger charge is 2.55. The number of aliphatic hydroxyl groups is 1. The van der Waals surface area contributed by atoms with Gasteiger partial charge in [0, 0.05) is 24.7 Å². The van der Waals surface area contributed by atoms with Crippen molar-refractivity contribution in [3.8, 4) is 17.3 Å². The second kappa shape index (κ2) is 7.99. The molecule has 0 saturated carbocycles. The fourth-order valence-corrected chi connectivity index (χ4v) is 4.36. The Morgan fingerprint density at radius 1 is 1.26 bits per heavy atom. The van der Waals surface area contributed by atoms with Gasteiger partial charge in [-0.05, 0) is 32.9 Å². The number of nitrogens with zero attached hydrogens (tertiary/aromatic N) is 6. The molecule has 1 N–H and O–H groups in total.